The van der Waals surface area contributed by atoms with E-state index in [1.54, 1.807) is 24.4 Å². The minimum Gasteiger partial charge on any atom is -0.467 e. The summed E-state index contributed by atoms with van der Waals surface area (Å²) in [5.41, 5.74) is 2.32. The van der Waals surface area contributed by atoms with E-state index in [9.17, 15) is 9.59 Å². The van der Waals surface area contributed by atoms with Crippen LogP contribution < -0.4 is 5.32 Å². The lowest BCUT2D eigenvalue weighted by Gasteiger charge is -2.16. The minimum atomic E-state index is -0.840. The van der Waals surface area contributed by atoms with Crippen molar-refractivity contribution in [2.75, 3.05) is 7.11 Å². The van der Waals surface area contributed by atoms with Crippen LogP contribution in [0.4, 0.5) is 0 Å². The van der Waals surface area contributed by atoms with E-state index in [1.165, 1.54) is 19.5 Å². The number of methoxy groups -OCH3 is 1. The SMILES string of the molecule is C#Cc1ccc(C(=O)N[C@H](Cc2cnc[nH]2)C(=O)OC)c(C=C)c1. The average Bonchev–Trinajstić information content (AvgIpc) is 3.12. The lowest BCUT2D eigenvalue weighted by molar-refractivity contribution is -0.142. The van der Waals surface area contributed by atoms with E-state index < -0.39 is 17.9 Å². The summed E-state index contributed by atoms with van der Waals surface area (Å²) in [4.78, 5) is 31.3. The molecule has 6 nitrogen and oxygen atoms in total. The number of carbonyl (C=O) groups excluding carboxylic acids is 2. The van der Waals surface area contributed by atoms with Gasteiger partial charge in [-0.25, -0.2) is 9.78 Å². The van der Waals surface area contributed by atoms with E-state index >= 15 is 0 Å². The number of amides is 1. The summed E-state index contributed by atoms with van der Waals surface area (Å²) in [5, 5.41) is 2.67. The van der Waals surface area contributed by atoms with Gasteiger partial charge in [-0.3, -0.25) is 4.79 Å². The Bertz CT molecular complexity index is 788. The van der Waals surface area contributed by atoms with E-state index in [0.29, 0.717) is 22.4 Å². The van der Waals surface area contributed by atoms with E-state index in [-0.39, 0.29) is 6.42 Å². The molecule has 1 amide bonds. The first-order chi connectivity index (χ1) is 11.6. The second-order valence-corrected chi connectivity index (χ2v) is 4.98. The quantitative estimate of drug-likeness (QED) is 0.624. The molecule has 1 aromatic carbocycles. The van der Waals surface area contributed by atoms with E-state index in [2.05, 4.69) is 27.8 Å². The smallest absolute Gasteiger partial charge is 0.328 e. The highest BCUT2D eigenvalue weighted by Crippen LogP contribution is 2.14. The standard InChI is InChI=1S/C18H17N3O3/c1-4-12-6-7-15(13(5-2)8-12)17(22)21-16(18(23)24-3)9-14-10-19-11-20-14/h1,5-8,10-11,16H,2,9H2,3H3,(H,19,20)(H,21,22)/t16-/m1/s1. The Morgan fingerprint density at radius 2 is 2.33 bits per heavy atom. The highest BCUT2D eigenvalue weighted by atomic mass is 16.5. The summed E-state index contributed by atoms with van der Waals surface area (Å²) in [5.74, 6) is 1.54. The summed E-state index contributed by atoms with van der Waals surface area (Å²) in [6.45, 7) is 3.69. The number of aromatic amines is 1. The molecule has 2 aromatic rings. The number of esters is 1. The van der Waals surface area contributed by atoms with Crippen molar-refractivity contribution in [3.8, 4) is 12.3 Å². The zero-order valence-corrected chi connectivity index (χ0v) is 13.2. The first-order valence-corrected chi connectivity index (χ1v) is 7.18. The number of nitrogens with one attached hydrogen (secondary N) is 2. The van der Waals surface area contributed by atoms with E-state index in [1.807, 2.05) is 0 Å². The van der Waals surface area contributed by atoms with Gasteiger partial charge in [0, 0.05) is 29.4 Å². The van der Waals surface area contributed by atoms with Gasteiger partial charge >= 0.3 is 5.97 Å². The Balaban J connectivity index is 2.22. The topological polar surface area (TPSA) is 84.1 Å². The van der Waals surface area contributed by atoms with Gasteiger partial charge in [0.25, 0.3) is 5.91 Å². The molecular formula is C18H17N3O3. The molecule has 1 aromatic heterocycles. The Morgan fingerprint density at radius 1 is 1.54 bits per heavy atom. The molecule has 0 fully saturated rings. The average molecular weight is 323 g/mol. The molecular weight excluding hydrogens is 306 g/mol. The monoisotopic (exact) mass is 323 g/mol. The van der Waals surface area contributed by atoms with Crippen LogP contribution in [0.2, 0.25) is 0 Å². The van der Waals surface area contributed by atoms with Gasteiger partial charge < -0.3 is 15.0 Å². The molecule has 1 heterocycles. The van der Waals surface area contributed by atoms with Crippen LogP contribution in [0.1, 0.15) is 27.2 Å². The van der Waals surface area contributed by atoms with Gasteiger partial charge in [0.15, 0.2) is 0 Å². The van der Waals surface area contributed by atoms with Gasteiger partial charge in [-0.15, -0.1) is 6.42 Å². The number of nitrogens with zero attached hydrogens (tertiary/aromatic N) is 1. The normalized spacial score (nSPS) is 11.2. The maximum Gasteiger partial charge on any atom is 0.328 e. The number of benzene rings is 1. The fraction of sp³-hybridized carbons (Fsp3) is 0.167. The summed E-state index contributed by atoms with van der Waals surface area (Å²) in [7, 11) is 1.27. The summed E-state index contributed by atoms with van der Waals surface area (Å²) < 4.78 is 4.76. The molecule has 0 bridgehead atoms. The molecule has 122 valence electrons. The Hall–Kier alpha value is -3.33. The lowest BCUT2D eigenvalue weighted by Crippen LogP contribution is -2.43. The molecule has 6 heteroatoms. The Kier molecular flexibility index (Phi) is 5.53. The van der Waals surface area contributed by atoms with Crippen molar-refractivity contribution in [2.24, 2.45) is 0 Å². The van der Waals surface area contributed by atoms with Gasteiger partial charge in [0.05, 0.1) is 13.4 Å². The van der Waals surface area contributed by atoms with Gasteiger partial charge in [-0.05, 0) is 23.8 Å². The number of imidazole rings is 1. The fourth-order valence-electron chi connectivity index (χ4n) is 2.22. The van der Waals surface area contributed by atoms with Crippen molar-refractivity contribution in [3.05, 3.63) is 59.7 Å². The maximum absolute atomic E-state index is 12.5. The predicted molar refractivity (Wildman–Crippen MR) is 90.0 cm³/mol. The van der Waals surface area contributed by atoms with Crippen LogP contribution in [0, 0.1) is 12.3 Å². The number of hydrogen-bond donors (Lipinski definition) is 2. The maximum atomic E-state index is 12.5. The van der Waals surface area contributed by atoms with Crippen LogP contribution in [-0.2, 0) is 16.0 Å². The number of terminal acetylenes is 1. The lowest BCUT2D eigenvalue weighted by atomic mass is 10.0. The van der Waals surface area contributed by atoms with Crippen LogP contribution in [0.25, 0.3) is 6.08 Å². The second kappa shape index (κ2) is 7.79. The summed E-state index contributed by atoms with van der Waals surface area (Å²) >= 11 is 0. The molecule has 0 aliphatic carbocycles. The van der Waals surface area contributed by atoms with E-state index in [0.717, 1.165) is 0 Å². The highest BCUT2D eigenvalue weighted by molar-refractivity contribution is 5.99. The fourth-order valence-corrected chi connectivity index (χ4v) is 2.22. The van der Waals surface area contributed by atoms with Crippen LogP contribution in [-0.4, -0.2) is 35.0 Å². The first kappa shape index (κ1) is 17.0. The van der Waals surface area contributed by atoms with Crippen molar-refractivity contribution >= 4 is 18.0 Å². The second-order valence-electron chi connectivity index (χ2n) is 4.98. The molecule has 0 aliphatic rings. The van der Waals surface area contributed by atoms with Crippen LogP contribution in [0.3, 0.4) is 0 Å². The molecule has 0 aliphatic heterocycles. The van der Waals surface area contributed by atoms with Crippen molar-refractivity contribution in [1.29, 1.82) is 0 Å². The van der Waals surface area contributed by atoms with Crippen molar-refractivity contribution < 1.29 is 14.3 Å². The first-order valence-electron chi connectivity index (χ1n) is 7.18. The third-order valence-electron chi connectivity index (χ3n) is 3.45. The molecule has 0 unspecified atom stereocenters. The van der Waals surface area contributed by atoms with E-state index in [4.69, 9.17) is 11.2 Å². The van der Waals surface area contributed by atoms with Crippen LogP contribution in [0.15, 0.2) is 37.3 Å². The number of aromatic nitrogens is 2. The van der Waals surface area contributed by atoms with Gasteiger partial charge in [-0.1, -0.05) is 18.6 Å². The molecule has 24 heavy (non-hydrogen) atoms. The largest absolute Gasteiger partial charge is 0.467 e. The van der Waals surface area contributed by atoms with Gasteiger partial charge in [0.1, 0.15) is 6.04 Å². The number of ether oxygens (including phenoxy) is 1. The van der Waals surface area contributed by atoms with Gasteiger partial charge in [-0.2, -0.15) is 0 Å². The molecule has 1 atom stereocenters. The number of carbonyl (C=O) groups is 2. The Labute approximate surface area is 139 Å². The number of hydrogen-bond acceptors (Lipinski definition) is 4. The zero-order chi connectivity index (χ0) is 17.5. The van der Waals surface area contributed by atoms with Crippen molar-refractivity contribution in [2.45, 2.75) is 12.5 Å². The molecule has 2 rings (SSSR count). The molecule has 0 radical (unpaired) electrons. The molecule has 2 N–H and O–H groups in total. The third-order valence-corrected chi connectivity index (χ3v) is 3.45. The molecule has 0 saturated carbocycles. The molecule has 0 saturated heterocycles. The third kappa shape index (κ3) is 3.90. The minimum absolute atomic E-state index is 0.240. The van der Waals surface area contributed by atoms with Crippen LogP contribution in [0.5, 0.6) is 0 Å². The molecule has 0 spiro atoms. The number of H-pyrrole nitrogens is 1. The number of rotatable bonds is 6. The van der Waals surface area contributed by atoms with Crippen LogP contribution >= 0.6 is 0 Å². The predicted octanol–water partition coefficient (Wildman–Crippen LogP) is 1.55. The van der Waals surface area contributed by atoms with Gasteiger partial charge in [0.2, 0.25) is 0 Å². The highest BCUT2D eigenvalue weighted by Gasteiger charge is 2.24. The summed E-state index contributed by atoms with van der Waals surface area (Å²) in [6, 6.07) is 4.10. The van der Waals surface area contributed by atoms with Crippen molar-refractivity contribution in [3.63, 3.8) is 0 Å². The Morgan fingerprint density at radius 3 is 2.92 bits per heavy atom. The summed E-state index contributed by atoms with van der Waals surface area (Å²) in [6.07, 6.45) is 10.2. The zero-order valence-electron chi connectivity index (χ0n) is 13.2. The van der Waals surface area contributed by atoms with Crippen molar-refractivity contribution in [1.82, 2.24) is 15.3 Å².